The highest BCUT2D eigenvalue weighted by Gasteiger charge is 2.56. The molecule has 0 atom stereocenters. The summed E-state index contributed by atoms with van der Waals surface area (Å²) in [4.78, 5) is 16.2. The molecule has 2 saturated carbocycles. The van der Waals surface area contributed by atoms with Crippen LogP contribution in [-0.4, -0.2) is 22.4 Å². The van der Waals surface area contributed by atoms with Crippen molar-refractivity contribution in [2.75, 3.05) is 6.54 Å². The molecule has 0 aromatic heterocycles. The van der Waals surface area contributed by atoms with Gasteiger partial charge in [-0.1, -0.05) is 44.9 Å². The molecule has 1 saturated heterocycles. The Morgan fingerprint density at radius 3 is 2.50 bits per heavy atom. The fourth-order valence-corrected chi connectivity index (χ4v) is 3.67. The Bertz CT molecular complexity index is 331. The maximum atomic E-state index is 11.6. The van der Waals surface area contributed by atoms with Crippen LogP contribution >= 0.6 is 11.8 Å². The molecule has 4 heteroatoms. The summed E-state index contributed by atoms with van der Waals surface area (Å²) >= 11 is 1.66. The molecule has 102 valence electrons. The summed E-state index contributed by atoms with van der Waals surface area (Å²) in [6, 6.07) is 0. The van der Waals surface area contributed by atoms with Gasteiger partial charge in [0.15, 0.2) is 5.17 Å². The predicted octanol–water partition coefficient (Wildman–Crippen LogP) is 3.34. The van der Waals surface area contributed by atoms with Crippen molar-refractivity contribution in [3.8, 4) is 0 Å². The van der Waals surface area contributed by atoms with Crippen molar-refractivity contribution in [1.29, 1.82) is 0 Å². The van der Waals surface area contributed by atoms with Gasteiger partial charge in [0.05, 0.1) is 0 Å². The zero-order valence-electron chi connectivity index (χ0n) is 11.5. The molecule has 18 heavy (non-hydrogen) atoms. The number of nitrogens with one attached hydrogen (secondary N) is 1. The lowest BCUT2D eigenvalue weighted by Gasteiger charge is -2.19. The Labute approximate surface area is 114 Å². The number of thioether (sulfide) groups is 1. The number of amides is 1. The Hall–Kier alpha value is -0.510. The Morgan fingerprint density at radius 2 is 1.94 bits per heavy atom. The van der Waals surface area contributed by atoms with E-state index in [1.165, 1.54) is 32.1 Å². The number of carbonyl (C=O) groups excluding carboxylic acids is 1. The Kier molecular flexibility index (Phi) is 4.71. The zero-order valence-corrected chi connectivity index (χ0v) is 12.3. The second kappa shape index (κ2) is 6.09. The van der Waals surface area contributed by atoms with Gasteiger partial charge < -0.3 is 5.32 Å². The quantitative estimate of drug-likeness (QED) is 0.834. The lowest BCUT2D eigenvalue weighted by molar-refractivity contribution is -0.119. The van der Waals surface area contributed by atoms with E-state index in [0.29, 0.717) is 0 Å². The Balaban J connectivity index is 0.000000574. The minimum atomic E-state index is -0.0919. The molecular weight excluding hydrogens is 244 g/mol. The average molecular weight is 268 g/mol. The van der Waals surface area contributed by atoms with Crippen molar-refractivity contribution in [1.82, 2.24) is 5.32 Å². The molecule has 0 radical (unpaired) electrons. The fourth-order valence-electron chi connectivity index (χ4n) is 2.56. The monoisotopic (exact) mass is 268 g/mol. The van der Waals surface area contributed by atoms with Crippen molar-refractivity contribution in [3.05, 3.63) is 0 Å². The predicted molar refractivity (Wildman–Crippen MR) is 77.9 cm³/mol. The first-order valence-corrected chi connectivity index (χ1v) is 8.15. The number of aliphatic imine (C=N–C) groups is 1. The van der Waals surface area contributed by atoms with E-state index >= 15 is 0 Å². The van der Waals surface area contributed by atoms with Crippen molar-refractivity contribution >= 4 is 22.8 Å². The number of nitrogens with zero attached hydrogens (tertiary/aromatic N) is 1. The van der Waals surface area contributed by atoms with Crippen LogP contribution in [0.15, 0.2) is 4.99 Å². The van der Waals surface area contributed by atoms with Gasteiger partial charge in [0.25, 0.3) is 0 Å². The normalized spacial score (nSPS) is 27.9. The van der Waals surface area contributed by atoms with E-state index < -0.39 is 0 Å². The molecule has 2 aliphatic carbocycles. The zero-order chi connectivity index (χ0) is 13.0. The van der Waals surface area contributed by atoms with E-state index in [-0.39, 0.29) is 10.7 Å². The smallest absolute Gasteiger partial charge is 0.242 e. The minimum Gasteiger partial charge on any atom is -0.304 e. The molecule has 1 spiro atoms. The molecule has 3 nitrogen and oxygen atoms in total. The molecule has 0 bridgehead atoms. The van der Waals surface area contributed by atoms with Gasteiger partial charge in [-0.3, -0.25) is 9.79 Å². The van der Waals surface area contributed by atoms with Gasteiger partial charge in [-0.05, 0) is 31.6 Å². The third-order valence-corrected chi connectivity index (χ3v) is 5.26. The molecule has 0 aromatic carbocycles. The SMILES string of the molecule is CC.O=C1NC(=NCC2CCCCC2)SC12CC2. The van der Waals surface area contributed by atoms with E-state index in [9.17, 15) is 4.79 Å². The molecule has 3 rings (SSSR count). The third-order valence-electron chi connectivity index (χ3n) is 3.85. The van der Waals surface area contributed by atoms with Crippen molar-refractivity contribution in [2.45, 2.75) is 63.5 Å². The van der Waals surface area contributed by atoms with Gasteiger partial charge in [-0.2, -0.15) is 0 Å². The second-order valence-corrected chi connectivity index (χ2v) is 6.57. The van der Waals surface area contributed by atoms with E-state index in [0.717, 1.165) is 30.5 Å². The fraction of sp³-hybridized carbons (Fsp3) is 0.857. The molecule has 0 aromatic rings. The molecule has 0 unspecified atom stereocenters. The minimum absolute atomic E-state index is 0.0919. The van der Waals surface area contributed by atoms with Crippen molar-refractivity contribution < 1.29 is 4.79 Å². The second-order valence-electron chi connectivity index (χ2n) is 5.20. The summed E-state index contributed by atoms with van der Waals surface area (Å²) in [5.74, 6) is 0.953. The van der Waals surface area contributed by atoms with Crippen LogP contribution in [0.25, 0.3) is 0 Å². The summed E-state index contributed by atoms with van der Waals surface area (Å²) in [7, 11) is 0. The van der Waals surface area contributed by atoms with Crippen LogP contribution in [0.1, 0.15) is 58.8 Å². The molecule has 1 heterocycles. The van der Waals surface area contributed by atoms with E-state index in [1.54, 1.807) is 11.8 Å². The molecular formula is C14H24N2OS. The van der Waals surface area contributed by atoms with Gasteiger partial charge in [-0.15, -0.1) is 0 Å². The number of hydrogen-bond donors (Lipinski definition) is 1. The number of rotatable bonds is 2. The van der Waals surface area contributed by atoms with Gasteiger partial charge >= 0.3 is 0 Å². The average Bonchev–Trinajstić information content (AvgIpc) is 3.13. The maximum absolute atomic E-state index is 11.6. The molecule has 1 amide bonds. The first-order chi connectivity index (χ1) is 8.78. The summed E-state index contributed by atoms with van der Waals surface area (Å²) < 4.78 is -0.0919. The van der Waals surface area contributed by atoms with E-state index in [2.05, 4.69) is 10.3 Å². The van der Waals surface area contributed by atoms with Crippen LogP contribution in [0.2, 0.25) is 0 Å². The standard InChI is InChI=1S/C12H18N2OS.C2H6/c15-10-12(6-7-12)16-11(14-10)13-8-9-4-2-1-3-5-9;1-2/h9H,1-8H2,(H,13,14,15);1-2H3. The molecule has 1 aliphatic heterocycles. The van der Waals surface area contributed by atoms with Crippen LogP contribution in [0.3, 0.4) is 0 Å². The van der Waals surface area contributed by atoms with Crippen molar-refractivity contribution in [2.24, 2.45) is 10.9 Å². The van der Waals surface area contributed by atoms with Crippen LogP contribution in [0, 0.1) is 5.92 Å². The highest BCUT2D eigenvalue weighted by Crippen LogP contribution is 2.52. The lowest BCUT2D eigenvalue weighted by atomic mass is 9.89. The van der Waals surface area contributed by atoms with Gasteiger partial charge in [0.1, 0.15) is 4.75 Å². The van der Waals surface area contributed by atoms with Crippen molar-refractivity contribution in [3.63, 3.8) is 0 Å². The molecule has 3 aliphatic rings. The topological polar surface area (TPSA) is 41.5 Å². The number of amidine groups is 1. The van der Waals surface area contributed by atoms with Crippen LogP contribution < -0.4 is 5.32 Å². The summed E-state index contributed by atoms with van der Waals surface area (Å²) in [5, 5.41) is 3.80. The summed E-state index contributed by atoms with van der Waals surface area (Å²) in [6.07, 6.45) is 8.82. The molecule has 3 fully saturated rings. The van der Waals surface area contributed by atoms with Crippen LogP contribution in [0.5, 0.6) is 0 Å². The van der Waals surface area contributed by atoms with Gasteiger partial charge in [0, 0.05) is 6.54 Å². The largest absolute Gasteiger partial charge is 0.304 e. The van der Waals surface area contributed by atoms with Gasteiger partial charge in [-0.25, -0.2) is 0 Å². The van der Waals surface area contributed by atoms with E-state index in [1.807, 2.05) is 13.8 Å². The highest BCUT2D eigenvalue weighted by atomic mass is 32.2. The maximum Gasteiger partial charge on any atom is 0.242 e. The van der Waals surface area contributed by atoms with Crippen LogP contribution in [0.4, 0.5) is 0 Å². The first kappa shape index (κ1) is 13.9. The van der Waals surface area contributed by atoms with Crippen LogP contribution in [-0.2, 0) is 4.79 Å². The first-order valence-electron chi connectivity index (χ1n) is 7.33. The molecule has 1 N–H and O–H groups in total. The third kappa shape index (κ3) is 3.08. The summed E-state index contributed by atoms with van der Waals surface area (Å²) in [5.41, 5.74) is 0. The summed E-state index contributed by atoms with van der Waals surface area (Å²) in [6.45, 7) is 4.92. The lowest BCUT2D eigenvalue weighted by Crippen LogP contribution is -2.26. The number of hydrogen-bond acceptors (Lipinski definition) is 3. The highest BCUT2D eigenvalue weighted by molar-refractivity contribution is 8.16. The Morgan fingerprint density at radius 1 is 1.28 bits per heavy atom. The van der Waals surface area contributed by atoms with Gasteiger partial charge in [0.2, 0.25) is 5.91 Å². The number of carbonyl (C=O) groups is 1. The van der Waals surface area contributed by atoms with E-state index in [4.69, 9.17) is 0 Å².